The van der Waals surface area contributed by atoms with Gasteiger partial charge in [0.25, 0.3) is 0 Å². The number of hydrogen-bond donors (Lipinski definition) is 0. The van der Waals surface area contributed by atoms with Gasteiger partial charge in [0.15, 0.2) is 0 Å². The van der Waals surface area contributed by atoms with Gasteiger partial charge in [-0.05, 0) is 77.4 Å². The number of likely N-dealkylation sites (tertiary alicyclic amines) is 2. The van der Waals surface area contributed by atoms with Gasteiger partial charge in [0.2, 0.25) is 5.95 Å². The number of Topliss-reactive ketones (excluding diaryl/α,β-unsaturated/α-hetero) is 1. The molecule has 2 bridgehead atoms. The highest BCUT2D eigenvalue weighted by molar-refractivity contribution is 5.83. The topological polar surface area (TPSA) is 52.6 Å². The van der Waals surface area contributed by atoms with Gasteiger partial charge in [-0.25, -0.2) is 9.97 Å². The standard InChI is InChI=1S/C26H43N5O/c1-5-6-7-8-25(32)20(4)29-13-11-21(12-14-29)22-15-27-26(28-16-22)31-23-9-10-24(31)18-30(17-23)19(2)3/h15-16,19-21,23-24H,5-14,17-18H2,1-4H3/t20-,23?,24?/m1/s1. The lowest BCUT2D eigenvalue weighted by Crippen LogP contribution is -2.56. The maximum atomic E-state index is 12.5. The molecule has 0 spiro atoms. The number of anilines is 1. The summed E-state index contributed by atoms with van der Waals surface area (Å²) >= 11 is 0. The number of carbonyl (C=O) groups excluding carboxylic acids is 1. The largest absolute Gasteiger partial charge is 0.332 e. The number of piperazine rings is 1. The molecule has 4 heterocycles. The molecule has 4 rings (SSSR count). The summed E-state index contributed by atoms with van der Waals surface area (Å²) in [6.07, 6.45) is 13.0. The van der Waals surface area contributed by atoms with Crippen LogP contribution in [0.3, 0.4) is 0 Å². The van der Waals surface area contributed by atoms with Crippen molar-refractivity contribution in [3.63, 3.8) is 0 Å². The highest BCUT2D eigenvalue weighted by Crippen LogP contribution is 2.34. The Kier molecular flexibility index (Phi) is 7.83. The lowest BCUT2D eigenvalue weighted by Gasteiger charge is -2.42. The molecule has 3 aliphatic rings. The average molecular weight is 442 g/mol. The number of carbonyl (C=O) groups is 1. The van der Waals surface area contributed by atoms with Gasteiger partial charge in [0.1, 0.15) is 5.78 Å². The average Bonchev–Trinajstić information content (AvgIpc) is 3.07. The third kappa shape index (κ3) is 5.17. The molecule has 6 heteroatoms. The quantitative estimate of drug-likeness (QED) is 0.534. The molecule has 0 radical (unpaired) electrons. The second-order valence-electron chi connectivity index (χ2n) is 10.6. The van der Waals surface area contributed by atoms with Crippen LogP contribution in [0.1, 0.15) is 90.5 Å². The van der Waals surface area contributed by atoms with Crippen LogP contribution >= 0.6 is 0 Å². The Balaban J connectivity index is 1.30. The molecule has 0 amide bonds. The first-order chi connectivity index (χ1) is 15.5. The van der Waals surface area contributed by atoms with Gasteiger partial charge in [-0.3, -0.25) is 14.6 Å². The van der Waals surface area contributed by atoms with E-state index in [-0.39, 0.29) is 6.04 Å². The third-order valence-electron chi connectivity index (χ3n) is 8.17. The molecule has 178 valence electrons. The summed E-state index contributed by atoms with van der Waals surface area (Å²) in [6, 6.07) is 1.79. The molecule has 0 aromatic carbocycles. The number of aromatic nitrogens is 2. The molecule has 1 aromatic heterocycles. The Labute approximate surface area is 194 Å². The van der Waals surface area contributed by atoms with Gasteiger partial charge in [0.05, 0.1) is 6.04 Å². The zero-order chi connectivity index (χ0) is 22.7. The van der Waals surface area contributed by atoms with Crippen LogP contribution in [0, 0.1) is 0 Å². The SMILES string of the molecule is CCCCCC(=O)[C@@H](C)N1CCC(c2cnc(N3C4CCC3CN(C(C)C)C4)nc2)CC1. The molecule has 2 unspecified atom stereocenters. The molecule has 3 fully saturated rings. The van der Waals surface area contributed by atoms with E-state index in [4.69, 9.17) is 9.97 Å². The minimum atomic E-state index is 0.0615. The zero-order valence-corrected chi connectivity index (χ0v) is 20.7. The van der Waals surface area contributed by atoms with Crippen molar-refractivity contribution in [1.29, 1.82) is 0 Å². The Hall–Kier alpha value is -1.53. The molecular formula is C26H43N5O. The summed E-state index contributed by atoms with van der Waals surface area (Å²) in [5, 5.41) is 0. The maximum absolute atomic E-state index is 12.5. The zero-order valence-electron chi connectivity index (χ0n) is 20.7. The fraction of sp³-hybridized carbons (Fsp3) is 0.808. The smallest absolute Gasteiger partial charge is 0.225 e. The molecule has 0 saturated carbocycles. The third-order valence-corrected chi connectivity index (χ3v) is 8.17. The highest BCUT2D eigenvalue weighted by Gasteiger charge is 2.41. The van der Waals surface area contributed by atoms with E-state index in [0.717, 1.165) is 64.2 Å². The van der Waals surface area contributed by atoms with Crippen LogP contribution < -0.4 is 4.90 Å². The van der Waals surface area contributed by atoms with Gasteiger partial charge in [-0.15, -0.1) is 0 Å². The molecular weight excluding hydrogens is 398 g/mol. The summed E-state index contributed by atoms with van der Waals surface area (Å²) < 4.78 is 0. The van der Waals surface area contributed by atoms with E-state index in [1.54, 1.807) is 0 Å². The predicted molar refractivity (Wildman–Crippen MR) is 130 cm³/mol. The van der Waals surface area contributed by atoms with E-state index in [9.17, 15) is 4.79 Å². The van der Waals surface area contributed by atoms with Crippen molar-refractivity contribution in [2.24, 2.45) is 0 Å². The van der Waals surface area contributed by atoms with Crippen molar-refractivity contribution < 1.29 is 4.79 Å². The number of rotatable bonds is 9. The number of hydrogen-bond acceptors (Lipinski definition) is 6. The van der Waals surface area contributed by atoms with Gasteiger partial charge < -0.3 is 4.90 Å². The lowest BCUT2D eigenvalue weighted by molar-refractivity contribution is -0.124. The summed E-state index contributed by atoms with van der Waals surface area (Å²) in [4.78, 5) is 29.7. The second kappa shape index (κ2) is 10.6. The Morgan fingerprint density at radius 1 is 0.969 bits per heavy atom. The summed E-state index contributed by atoms with van der Waals surface area (Å²) in [7, 11) is 0. The Morgan fingerprint density at radius 3 is 2.16 bits per heavy atom. The van der Waals surface area contributed by atoms with Crippen LogP contribution in [0.15, 0.2) is 12.4 Å². The van der Waals surface area contributed by atoms with Crippen molar-refractivity contribution in [3.05, 3.63) is 18.0 Å². The molecule has 1 aromatic rings. The maximum Gasteiger partial charge on any atom is 0.225 e. The number of unbranched alkanes of at least 4 members (excludes halogenated alkanes) is 2. The predicted octanol–water partition coefficient (Wildman–Crippen LogP) is 4.26. The van der Waals surface area contributed by atoms with E-state index in [1.165, 1.54) is 24.8 Å². The molecule has 0 N–H and O–H groups in total. The minimum absolute atomic E-state index is 0.0615. The lowest BCUT2D eigenvalue weighted by atomic mass is 9.90. The van der Waals surface area contributed by atoms with E-state index in [2.05, 4.69) is 54.8 Å². The first-order valence-corrected chi connectivity index (χ1v) is 13.1. The monoisotopic (exact) mass is 441 g/mol. The summed E-state index contributed by atoms with van der Waals surface area (Å²) in [5.74, 6) is 1.85. The van der Waals surface area contributed by atoms with Crippen LogP contribution in [0.2, 0.25) is 0 Å². The van der Waals surface area contributed by atoms with Crippen molar-refractivity contribution in [2.45, 2.75) is 109 Å². The van der Waals surface area contributed by atoms with Crippen LogP contribution in [-0.2, 0) is 4.79 Å². The van der Waals surface area contributed by atoms with E-state index >= 15 is 0 Å². The first kappa shape index (κ1) is 23.6. The number of fused-ring (bicyclic) bond motifs is 2. The van der Waals surface area contributed by atoms with Crippen LogP contribution in [0.25, 0.3) is 0 Å². The highest BCUT2D eigenvalue weighted by atomic mass is 16.1. The molecule has 3 atom stereocenters. The van der Waals surface area contributed by atoms with E-state index in [1.807, 2.05) is 0 Å². The van der Waals surface area contributed by atoms with Gasteiger partial charge in [-0.2, -0.15) is 0 Å². The number of piperidine rings is 1. The van der Waals surface area contributed by atoms with Gasteiger partial charge in [0, 0.05) is 50.0 Å². The van der Waals surface area contributed by atoms with E-state index < -0.39 is 0 Å². The fourth-order valence-corrected chi connectivity index (χ4v) is 5.94. The molecule has 0 aliphatic carbocycles. The second-order valence-corrected chi connectivity index (χ2v) is 10.6. The van der Waals surface area contributed by atoms with Crippen molar-refractivity contribution >= 4 is 11.7 Å². The number of nitrogens with zero attached hydrogens (tertiary/aromatic N) is 5. The normalized spacial score (nSPS) is 26.1. The van der Waals surface area contributed by atoms with Crippen LogP contribution in [-0.4, -0.2) is 75.9 Å². The van der Waals surface area contributed by atoms with Gasteiger partial charge >= 0.3 is 0 Å². The van der Waals surface area contributed by atoms with Crippen LogP contribution in [0.4, 0.5) is 5.95 Å². The van der Waals surface area contributed by atoms with Crippen LogP contribution in [0.5, 0.6) is 0 Å². The molecule has 6 nitrogen and oxygen atoms in total. The van der Waals surface area contributed by atoms with Crippen molar-refractivity contribution in [1.82, 2.24) is 19.8 Å². The first-order valence-electron chi connectivity index (χ1n) is 13.1. The van der Waals surface area contributed by atoms with Crippen molar-refractivity contribution in [2.75, 3.05) is 31.1 Å². The Morgan fingerprint density at radius 2 is 1.59 bits per heavy atom. The summed E-state index contributed by atoms with van der Waals surface area (Å²) in [6.45, 7) is 13.1. The number of ketones is 1. The minimum Gasteiger partial charge on any atom is -0.332 e. The molecule has 3 saturated heterocycles. The molecule has 3 aliphatic heterocycles. The van der Waals surface area contributed by atoms with Crippen molar-refractivity contribution in [3.8, 4) is 0 Å². The Bertz CT molecular complexity index is 729. The summed E-state index contributed by atoms with van der Waals surface area (Å²) in [5.41, 5.74) is 1.27. The fourth-order valence-electron chi connectivity index (χ4n) is 5.94. The van der Waals surface area contributed by atoms with Gasteiger partial charge in [-0.1, -0.05) is 19.8 Å². The molecule has 32 heavy (non-hydrogen) atoms. The van der Waals surface area contributed by atoms with E-state index in [0.29, 0.717) is 29.8 Å².